The maximum atomic E-state index is 11.6. The van der Waals surface area contributed by atoms with E-state index in [1.165, 1.54) is 0 Å². The predicted octanol–water partition coefficient (Wildman–Crippen LogP) is 0.904. The Morgan fingerprint density at radius 3 is 2.39 bits per heavy atom. The molecule has 18 heavy (non-hydrogen) atoms. The van der Waals surface area contributed by atoms with Crippen LogP contribution in [-0.2, 0) is 14.6 Å². The fraction of sp³-hybridized carbons (Fsp3) is 0.364. The van der Waals surface area contributed by atoms with Gasteiger partial charge in [0.15, 0.2) is 9.84 Å². The van der Waals surface area contributed by atoms with E-state index in [0.717, 1.165) is 4.47 Å². The maximum Gasteiger partial charge on any atom is 0.244 e. The monoisotopic (exact) mass is 332 g/mol. The van der Waals surface area contributed by atoms with E-state index >= 15 is 0 Å². The Kier molecular flexibility index (Phi) is 3.37. The molecule has 0 saturated carbocycles. The first kappa shape index (κ1) is 13.4. The minimum atomic E-state index is -3.20. The van der Waals surface area contributed by atoms with Crippen LogP contribution in [0.3, 0.4) is 0 Å². The number of benzene rings is 1. The highest BCUT2D eigenvalue weighted by atomic mass is 79.9. The van der Waals surface area contributed by atoms with Gasteiger partial charge < -0.3 is 11.1 Å². The van der Waals surface area contributed by atoms with Crippen molar-refractivity contribution in [1.29, 1.82) is 0 Å². The van der Waals surface area contributed by atoms with Crippen LogP contribution in [0.15, 0.2) is 28.7 Å². The molecule has 1 aromatic rings. The van der Waals surface area contributed by atoms with Crippen LogP contribution >= 0.6 is 15.9 Å². The van der Waals surface area contributed by atoms with Crippen LogP contribution < -0.4 is 11.1 Å². The number of carbonyl (C=O) groups is 1. The molecule has 1 unspecified atom stereocenters. The first-order valence-electron chi connectivity index (χ1n) is 5.37. The van der Waals surface area contributed by atoms with Gasteiger partial charge in [0.2, 0.25) is 5.91 Å². The lowest BCUT2D eigenvalue weighted by molar-refractivity contribution is -0.121. The summed E-state index contributed by atoms with van der Waals surface area (Å²) in [5, 5.41) is 2.96. The van der Waals surface area contributed by atoms with Gasteiger partial charge in [-0.3, -0.25) is 4.79 Å². The molecule has 1 fully saturated rings. The average molecular weight is 333 g/mol. The van der Waals surface area contributed by atoms with Crippen LogP contribution in [0.25, 0.3) is 0 Å². The van der Waals surface area contributed by atoms with Gasteiger partial charge in [0.05, 0.1) is 11.5 Å². The minimum absolute atomic E-state index is 0.0144. The highest BCUT2D eigenvalue weighted by molar-refractivity contribution is 9.10. The molecule has 1 heterocycles. The van der Waals surface area contributed by atoms with E-state index < -0.39 is 21.3 Å². The van der Waals surface area contributed by atoms with Crippen LogP contribution in [0.1, 0.15) is 6.42 Å². The molecule has 1 aromatic carbocycles. The van der Waals surface area contributed by atoms with Gasteiger partial charge in [-0.05, 0) is 30.7 Å². The highest BCUT2D eigenvalue weighted by Gasteiger charge is 2.47. The zero-order valence-corrected chi connectivity index (χ0v) is 11.9. The highest BCUT2D eigenvalue weighted by Crippen LogP contribution is 2.28. The summed E-state index contributed by atoms with van der Waals surface area (Å²) in [5.74, 6) is -0.892. The third-order valence-corrected chi connectivity index (χ3v) is 5.29. The van der Waals surface area contributed by atoms with Gasteiger partial charge in [-0.2, -0.15) is 0 Å². The van der Waals surface area contributed by atoms with Crippen molar-refractivity contribution < 1.29 is 13.2 Å². The third kappa shape index (κ3) is 2.67. The number of sulfone groups is 1. The van der Waals surface area contributed by atoms with E-state index in [9.17, 15) is 13.2 Å². The Balaban J connectivity index is 2.28. The smallest absolute Gasteiger partial charge is 0.244 e. The van der Waals surface area contributed by atoms with Gasteiger partial charge in [0.25, 0.3) is 0 Å². The van der Waals surface area contributed by atoms with Crippen LogP contribution in [-0.4, -0.2) is 31.4 Å². The van der Waals surface area contributed by atoms with E-state index in [-0.39, 0.29) is 17.9 Å². The maximum absolute atomic E-state index is 11.6. The SMILES string of the molecule is NC(=O)C1(Nc2ccc(Br)cc2)CCS(=O)(=O)C1. The summed E-state index contributed by atoms with van der Waals surface area (Å²) in [4.78, 5) is 11.6. The molecule has 0 spiro atoms. The third-order valence-electron chi connectivity index (χ3n) is 3.01. The van der Waals surface area contributed by atoms with Crippen LogP contribution in [0.2, 0.25) is 0 Å². The van der Waals surface area contributed by atoms with Crippen molar-refractivity contribution in [3.63, 3.8) is 0 Å². The summed E-state index contributed by atoms with van der Waals surface area (Å²) in [5.41, 5.74) is 4.84. The summed E-state index contributed by atoms with van der Waals surface area (Å²) >= 11 is 3.30. The Bertz CT molecular complexity index is 570. The quantitative estimate of drug-likeness (QED) is 0.860. The molecular weight excluding hydrogens is 320 g/mol. The number of carbonyl (C=O) groups excluding carboxylic acids is 1. The van der Waals surface area contributed by atoms with Crippen molar-refractivity contribution in [3.05, 3.63) is 28.7 Å². The van der Waals surface area contributed by atoms with E-state index in [1.807, 2.05) is 0 Å². The van der Waals surface area contributed by atoms with Crippen molar-refractivity contribution in [1.82, 2.24) is 0 Å². The van der Waals surface area contributed by atoms with Gasteiger partial charge in [0, 0.05) is 10.2 Å². The zero-order chi connectivity index (χ0) is 13.4. The van der Waals surface area contributed by atoms with Gasteiger partial charge >= 0.3 is 0 Å². The van der Waals surface area contributed by atoms with Crippen LogP contribution in [0, 0.1) is 0 Å². The van der Waals surface area contributed by atoms with Gasteiger partial charge in [-0.25, -0.2) is 8.42 Å². The lowest BCUT2D eigenvalue weighted by Crippen LogP contribution is -2.51. The fourth-order valence-corrected chi connectivity index (χ4v) is 4.19. The van der Waals surface area contributed by atoms with Crippen LogP contribution in [0.4, 0.5) is 5.69 Å². The minimum Gasteiger partial charge on any atom is -0.370 e. The topological polar surface area (TPSA) is 89.3 Å². The van der Waals surface area contributed by atoms with E-state index in [0.29, 0.717) is 5.69 Å². The molecule has 98 valence electrons. The van der Waals surface area contributed by atoms with E-state index in [2.05, 4.69) is 21.2 Å². The molecule has 1 amide bonds. The number of amides is 1. The van der Waals surface area contributed by atoms with Crippen molar-refractivity contribution in [2.45, 2.75) is 12.0 Å². The molecule has 0 bridgehead atoms. The first-order chi connectivity index (χ1) is 8.33. The van der Waals surface area contributed by atoms with Crippen molar-refractivity contribution in [2.24, 2.45) is 5.73 Å². The van der Waals surface area contributed by atoms with E-state index in [1.54, 1.807) is 24.3 Å². The summed E-state index contributed by atoms with van der Waals surface area (Å²) in [6, 6.07) is 7.14. The lowest BCUT2D eigenvalue weighted by atomic mass is 9.97. The summed E-state index contributed by atoms with van der Waals surface area (Å²) in [6.07, 6.45) is 0.209. The molecule has 1 saturated heterocycles. The first-order valence-corrected chi connectivity index (χ1v) is 7.99. The predicted molar refractivity (Wildman–Crippen MR) is 73.0 cm³/mol. The van der Waals surface area contributed by atoms with Gasteiger partial charge in [-0.15, -0.1) is 0 Å². The van der Waals surface area contributed by atoms with Crippen molar-refractivity contribution >= 4 is 37.4 Å². The normalized spacial score (nSPS) is 25.8. The fourth-order valence-electron chi connectivity index (χ4n) is 2.01. The molecule has 1 aliphatic heterocycles. The summed E-state index contributed by atoms with van der Waals surface area (Å²) < 4.78 is 24.0. The Morgan fingerprint density at radius 1 is 1.33 bits per heavy atom. The number of hydrogen-bond donors (Lipinski definition) is 2. The molecule has 3 N–H and O–H groups in total. The van der Waals surface area contributed by atoms with E-state index in [4.69, 9.17) is 5.73 Å². The second-order valence-electron chi connectivity index (χ2n) is 4.42. The largest absolute Gasteiger partial charge is 0.370 e. The molecule has 5 nitrogen and oxygen atoms in total. The number of hydrogen-bond acceptors (Lipinski definition) is 4. The second kappa shape index (κ2) is 4.55. The molecule has 0 aliphatic carbocycles. The number of rotatable bonds is 3. The number of halogens is 1. The Morgan fingerprint density at radius 2 is 1.94 bits per heavy atom. The van der Waals surface area contributed by atoms with Crippen molar-refractivity contribution in [3.8, 4) is 0 Å². The van der Waals surface area contributed by atoms with Crippen molar-refractivity contribution in [2.75, 3.05) is 16.8 Å². The average Bonchev–Trinajstić information content (AvgIpc) is 2.59. The molecule has 1 aliphatic rings. The van der Waals surface area contributed by atoms with Gasteiger partial charge in [-0.1, -0.05) is 15.9 Å². The summed E-state index contributed by atoms with van der Waals surface area (Å²) in [6.45, 7) is 0. The molecule has 7 heteroatoms. The zero-order valence-electron chi connectivity index (χ0n) is 9.52. The standard InChI is InChI=1S/C11H13BrN2O3S/c12-8-1-3-9(4-2-8)14-11(10(13)15)5-6-18(16,17)7-11/h1-4,14H,5-7H2,(H2,13,15). The number of anilines is 1. The number of nitrogens with two attached hydrogens (primary N) is 1. The molecular formula is C11H13BrN2O3S. The van der Waals surface area contributed by atoms with Gasteiger partial charge in [0.1, 0.15) is 5.54 Å². The van der Waals surface area contributed by atoms with Crippen LogP contribution in [0.5, 0.6) is 0 Å². The summed E-state index contributed by atoms with van der Waals surface area (Å²) in [7, 11) is -3.20. The Hall–Kier alpha value is -1.08. The second-order valence-corrected chi connectivity index (χ2v) is 7.52. The molecule has 0 radical (unpaired) electrons. The molecule has 2 rings (SSSR count). The molecule has 1 atom stereocenters. The Labute approximate surface area is 114 Å². The number of nitrogens with one attached hydrogen (secondary N) is 1. The number of primary amides is 1. The molecule has 0 aromatic heterocycles. The lowest BCUT2D eigenvalue weighted by Gasteiger charge is -2.26.